The molecule has 0 unspecified atom stereocenters. The molecule has 0 saturated carbocycles. The molecule has 0 spiro atoms. The van der Waals surface area contributed by atoms with E-state index in [0.717, 1.165) is 5.39 Å². The molecule has 31 heavy (non-hydrogen) atoms. The first-order valence-electron chi connectivity index (χ1n) is 9.60. The van der Waals surface area contributed by atoms with Gasteiger partial charge in [0.1, 0.15) is 5.69 Å². The molecule has 1 amide bonds. The number of rotatable bonds is 4. The first-order valence-corrected chi connectivity index (χ1v) is 10.0. The Hall–Kier alpha value is -3.63. The molecule has 1 aliphatic heterocycles. The van der Waals surface area contributed by atoms with Crippen LogP contribution in [-0.2, 0) is 4.74 Å². The molecule has 0 atom stereocenters. The molecule has 1 aromatic heterocycles. The summed E-state index contributed by atoms with van der Waals surface area (Å²) in [4.78, 5) is 30.0. The number of anilines is 2. The molecule has 0 bridgehead atoms. The molecule has 158 valence electrons. The lowest BCUT2D eigenvalue weighted by atomic mass is 10.1. The Labute approximate surface area is 183 Å². The zero-order chi connectivity index (χ0) is 21.8. The van der Waals surface area contributed by atoms with Gasteiger partial charge in [0.2, 0.25) is 0 Å². The molecule has 1 aliphatic rings. The van der Waals surface area contributed by atoms with Gasteiger partial charge >= 0.3 is 0 Å². The van der Waals surface area contributed by atoms with Gasteiger partial charge in [0, 0.05) is 36.3 Å². The van der Waals surface area contributed by atoms with E-state index in [1.54, 1.807) is 24.4 Å². The Morgan fingerprint density at radius 1 is 1.16 bits per heavy atom. The number of nitro groups is 1. The van der Waals surface area contributed by atoms with Gasteiger partial charge in [0.05, 0.1) is 29.3 Å². The minimum atomic E-state index is -0.540. The number of fused-ring (bicyclic) bond motifs is 1. The highest BCUT2D eigenvalue weighted by Crippen LogP contribution is 2.30. The molecule has 0 radical (unpaired) electrons. The number of nitrogens with zero attached hydrogens (tertiary/aromatic N) is 3. The van der Waals surface area contributed by atoms with Crippen LogP contribution in [0.25, 0.3) is 10.9 Å². The zero-order valence-electron chi connectivity index (χ0n) is 16.4. The fourth-order valence-corrected chi connectivity index (χ4v) is 3.62. The second-order valence-electron chi connectivity index (χ2n) is 6.85. The first kappa shape index (κ1) is 20.6. The van der Waals surface area contributed by atoms with E-state index < -0.39 is 10.8 Å². The fraction of sp³-hybridized carbons (Fsp3) is 0.190. The van der Waals surface area contributed by atoms with Crippen molar-refractivity contribution in [3.05, 3.63) is 70.4 Å². The van der Waals surface area contributed by atoms with Gasteiger partial charge in [0.15, 0.2) is 5.11 Å². The number of nitrogens with one attached hydrogen (secondary N) is 2. The predicted molar refractivity (Wildman–Crippen MR) is 122 cm³/mol. The van der Waals surface area contributed by atoms with Gasteiger partial charge in [-0.2, -0.15) is 0 Å². The minimum Gasteiger partial charge on any atom is -0.378 e. The Bertz CT molecular complexity index is 1160. The quantitative estimate of drug-likeness (QED) is 0.364. The normalized spacial score (nSPS) is 13.6. The smallest absolute Gasteiger partial charge is 0.293 e. The highest BCUT2D eigenvalue weighted by molar-refractivity contribution is 7.80. The van der Waals surface area contributed by atoms with E-state index in [-0.39, 0.29) is 16.4 Å². The number of thiocarbonyl (C=S) groups is 1. The summed E-state index contributed by atoms with van der Waals surface area (Å²) in [6, 6.07) is 13.7. The van der Waals surface area contributed by atoms with Gasteiger partial charge in [-0.25, -0.2) is 0 Å². The third-order valence-electron chi connectivity index (χ3n) is 4.89. The van der Waals surface area contributed by atoms with Crippen LogP contribution in [-0.4, -0.2) is 47.2 Å². The molecule has 2 N–H and O–H groups in total. The van der Waals surface area contributed by atoms with Crippen molar-refractivity contribution in [2.75, 3.05) is 36.5 Å². The van der Waals surface area contributed by atoms with Crippen LogP contribution in [0.5, 0.6) is 0 Å². The second-order valence-corrected chi connectivity index (χ2v) is 7.26. The Morgan fingerprint density at radius 2 is 1.94 bits per heavy atom. The summed E-state index contributed by atoms with van der Waals surface area (Å²) in [6.07, 6.45) is 1.67. The summed E-state index contributed by atoms with van der Waals surface area (Å²) in [5, 5.41) is 18.1. The first-order chi connectivity index (χ1) is 15.0. The highest BCUT2D eigenvalue weighted by atomic mass is 32.1. The van der Waals surface area contributed by atoms with Gasteiger partial charge in [-0.1, -0.05) is 18.2 Å². The Kier molecular flexibility index (Phi) is 6.01. The lowest BCUT2D eigenvalue weighted by Crippen LogP contribution is -2.37. The van der Waals surface area contributed by atoms with E-state index in [1.807, 2.05) is 29.2 Å². The number of pyridine rings is 1. The van der Waals surface area contributed by atoms with Crippen molar-refractivity contribution in [1.82, 2.24) is 10.3 Å². The maximum absolute atomic E-state index is 12.7. The monoisotopic (exact) mass is 437 g/mol. The third kappa shape index (κ3) is 4.60. The van der Waals surface area contributed by atoms with Gasteiger partial charge < -0.3 is 15.0 Å². The fourth-order valence-electron chi connectivity index (χ4n) is 3.42. The number of morpholine rings is 1. The number of para-hydroxylation sites is 1. The van der Waals surface area contributed by atoms with Crippen LogP contribution in [0.3, 0.4) is 0 Å². The molecule has 3 aromatic rings. The maximum Gasteiger partial charge on any atom is 0.293 e. The van der Waals surface area contributed by atoms with E-state index in [0.29, 0.717) is 43.2 Å². The molecule has 1 fully saturated rings. The van der Waals surface area contributed by atoms with E-state index in [2.05, 4.69) is 15.6 Å². The number of ether oxygens (including phenoxy) is 1. The van der Waals surface area contributed by atoms with Gasteiger partial charge in [-0.3, -0.25) is 25.2 Å². The summed E-state index contributed by atoms with van der Waals surface area (Å²) in [5.41, 5.74) is 1.84. The largest absolute Gasteiger partial charge is 0.378 e. The van der Waals surface area contributed by atoms with Gasteiger partial charge in [0.25, 0.3) is 11.6 Å². The number of nitro benzene ring substituents is 1. The number of carbonyl (C=O) groups is 1. The van der Waals surface area contributed by atoms with Crippen LogP contribution in [0.2, 0.25) is 0 Å². The SMILES string of the molecule is O=C(NC(=S)Nc1cccc2cccnc12)c1ccc(N2CCOCC2)c([N+](=O)[O-])c1. The number of carbonyl (C=O) groups excluding carboxylic acids is 1. The molecule has 2 heterocycles. The summed E-state index contributed by atoms with van der Waals surface area (Å²) >= 11 is 5.26. The summed E-state index contributed by atoms with van der Waals surface area (Å²) in [5.74, 6) is -0.540. The number of aromatic nitrogens is 1. The molecule has 2 aromatic carbocycles. The molecule has 9 nitrogen and oxygen atoms in total. The third-order valence-corrected chi connectivity index (χ3v) is 5.10. The van der Waals surface area contributed by atoms with E-state index >= 15 is 0 Å². The van der Waals surface area contributed by atoms with Gasteiger partial charge in [-0.05, 0) is 36.5 Å². The molecule has 1 saturated heterocycles. The van der Waals surface area contributed by atoms with Crippen molar-refractivity contribution >= 4 is 51.2 Å². The highest BCUT2D eigenvalue weighted by Gasteiger charge is 2.23. The molecule has 4 rings (SSSR count). The second kappa shape index (κ2) is 9.02. The van der Waals surface area contributed by atoms with Crippen LogP contribution in [0, 0.1) is 10.1 Å². The molecular formula is C21H19N5O4S. The summed E-state index contributed by atoms with van der Waals surface area (Å²) in [7, 11) is 0. The maximum atomic E-state index is 12.7. The van der Waals surface area contributed by atoms with Crippen LogP contribution >= 0.6 is 12.2 Å². The van der Waals surface area contributed by atoms with E-state index in [9.17, 15) is 14.9 Å². The predicted octanol–water partition coefficient (Wildman–Crippen LogP) is 3.11. The van der Waals surface area contributed by atoms with Crippen LogP contribution in [0.1, 0.15) is 10.4 Å². The van der Waals surface area contributed by atoms with Crippen molar-refractivity contribution in [3.8, 4) is 0 Å². The van der Waals surface area contributed by atoms with Crippen LogP contribution in [0.4, 0.5) is 17.1 Å². The van der Waals surface area contributed by atoms with Gasteiger partial charge in [-0.15, -0.1) is 0 Å². The number of benzene rings is 2. The lowest BCUT2D eigenvalue weighted by Gasteiger charge is -2.28. The van der Waals surface area contributed by atoms with Crippen LogP contribution < -0.4 is 15.5 Å². The van der Waals surface area contributed by atoms with Crippen molar-refractivity contribution < 1.29 is 14.5 Å². The minimum absolute atomic E-state index is 0.0723. The average Bonchev–Trinajstić information content (AvgIpc) is 2.79. The van der Waals surface area contributed by atoms with Crippen molar-refractivity contribution in [3.63, 3.8) is 0 Å². The summed E-state index contributed by atoms with van der Waals surface area (Å²) in [6.45, 7) is 2.11. The lowest BCUT2D eigenvalue weighted by molar-refractivity contribution is -0.384. The average molecular weight is 437 g/mol. The standard InChI is InChI=1S/C21H19N5O4S/c27-20(24-21(31)23-16-5-1-3-14-4-2-8-22-19(14)16)15-6-7-17(18(13-15)26(28)29)25-9-11-30-12-10-25/h1-8,13H,9-12H2,(H2,23,24,27,31). The Morgan fingerprint density at radius 3 is 2.71 bits per heavy atom. The zero-order valence-corrected chi connectivity index (χ0v) is 17.2. The van der Waals surface area contributed by atoms with E-state index in [1.165, 1.54) is 6.07 Å². The topological polar surface area (TPSA) is 110 Å². The number of hydrogen-bond donors (Lipinski definition) is 2. The number of amides is 1. The van der Waals surface area contributed by atoms with Crippen molar-refractivity contribution in [2.45, 2.75) is 0 Å². The summed E-state index contributed by atoms with van der Waals surface area (Å²) < 4.78 is 5.30. The van der Waals surface area contributed by atoms with E-state index in [4.69, 9.17) is 17.0 Å². The van der Waals surface area contributed by atoms with Crippen molar-refractivity contribution in [1.29, 1.82) is 0 Å². The molecule has 0 aliphatic carbocycles. The Balaban J connectivity index is 1.50. The number of hydrogen-bond acceptors (Lipinski definition) is 7. The molecular weight excluding hydrogens is 418 g/mol. The van der Waals surface area contributed by atoms with Crippen LogP contribution in [0.15, 0.2) is 54.7 Å². The van der Waals surface area contributed by atoms with Crippen molar-refractivity contribution in [2.24, 2.45) is 0 Å². The molecule has 10 heteroatoms.